The maximum Gasteiger partial charge on any atom is 0.338 e. The van der Waals surface area contributed by atoms with Crippen molar-refractivity contribution in [1.29, 1.82) is 0 Å². The van der Waals surface area contributed by atoms with E-state index in [1.54, 1.807) is 0 Å². The Morgan fingerprint density at radius 1 is 1.18 bits per heavy atom. The van der Waals surface area contributed by atoms with E-state index in [0.29, 0.717) is 0 Å². The molecule has 120 valence electrons. The molecule has 3 amide bonds. The number of carbonyl (C=O) groups excluding carboxylic acids is 3. The topological polar surface area (TPSA) is 131 Å². The quantitative estimate of drug-likeness (QED) is 0.607. The van der Waals surface area contributed by atoms with Crippen LogP contribution in [0.1, 0.15) is 10.4 Å². The molecule has 0 aliphatic rings. The fourth-order valence-electron chi connectivity index (χ4n) is 1.35. The minimum Gasteiger partial charge on any atom is -0.452 e. The molecule has 1 rings (SSSR count). The van der Waals surface area contributed by atoms with Gasteiger partial charge in [0.1, 0.15) is 0 Å². The molecule has 0 saturated carbocycles. The number of sulfonamides is 1. The molecule has 0 unspecified atom stereocenters. The summed E-state index contributed by atoms with van der Waals surface area (Å²) in [6.07, 6.45) is 0. The molecule has 9 nitrogen and oxygen atoms in total. The molecule has 0 spiro atoms. The lowest BCUT2D eigenvalue weighted by Crippen LogP contribution is -2.39. The number of amides is 3. The number of esters is 1. The van der Waals surface area contributed by atoms with Crippen LogP contribution in [-0.2, 0) is 19.6 Å². The van der Waals surface area contributed by atoms with Gasteiger partial charge in [-0.3, -0.25) is 10.1 Å². The summed E-state index contributed by atoms with van der Waals surface area (Å²) >= 11 is 0. The van der Waals surface area contributed by atoms with E-state index in [1.807, 2.05) is 5.32 Å². The summed E-state index contributed by atoms with van der Waals surface area (Å²) in [6, 6.07) is 4.40. The monoisotopic (exact) mass is 329 g/mol. The van der Waals surface area contributed by atoms with Crippen LogP contribution < -0.4 is 15.4 Å². The lowest BCUT2D eigenvalue weighted by Gasteiger charge is -2.07. The number of carbonyl (C=O) groups is 3. The van der Waals surface area contributed by atoms with E-state index in [1.165, 1.54) is 32.3 Å². The van der Waals surface area contributed by atoms with E-state index in [2.05, 4.69) is 10.0 Å². The molecule has 1 aromatic carbocycles. The Morgan fingerprint density at radius 2 is 1.86 bits per heavy atom. The normalized spacial score (nSPS) is 10.6. The van der Waals surface area contributed by atoms with E-state index in [9.17, 15) is 22.8 Å². The molecule has 0 atom stereocenters. The van der Waals surface area contributed by atoms with Gasteiger partial charge in [-0.05, 0) is 25.2 Å². The van der Waals surface area contributed by atoms with Gasteiger partial charge in [-0.15, -0.1) is 0 Å². The summed E-state index contributed by atoms with van der Waals surface area (Å²) in [5, 5.41) is 4.07. The first kappa shape index (κ1) is 17.6. The summed E-state index contributed by atoms with van der Waals surface area (Å²) in [5.41, 5.74) is -0.0379. The first-order valence-electron chi connectivity index (χ1n) is 6.02. The van der Waals surface area contributed by atoms with Gasteiger partial charge in [-0.25, -0.2) is 22.7 Å². The minimum atomic E-state index is -3.69. The van der Waals surface area contributed by atoms with Crippen molar-refractivity contribution in [2.24, 2.45) is 0 Å². The van der Waals surface area contributed by atoms with Crippen molar-refractivity contribution in [1.82, 2.24) is 15.4 Å². The molecule has 0 aliphatic carbocycles. The Kier molecular flexibility index (Phi) is 6.01. The van der Waals surface area contributed by atoms with Gasteiger partial charge in [0.15, 0.2) is 6.61 Å². The first-order valence-corrected chi connectivity index (χ1v) is 7.50. The lowest BCUT2D eigenvalue weighted by atomic mass is 10.2. The van der Waals surface area contributed by atoms with Crippen molar-refractivity contribution in [3.05, 3.63) is 29.8 Å². The number of benzene rings is 1. The molecular formula is C12H15N3O6S. The van der Waals surface area contributed by atoms with Crippen LogP contribution in [0.2, 0.25) is 0 Å². The summed E-state index contributed by atoms with van der Waals surface area (Å²) in [4.78, 5) is 33.8. The number of ether oxygens (including phenoxy) is 1. The first-order chi connectivity index (χ1) is 10.3. The molecular weight excluding hydrogens is 314 g/mol. The molecule has 0 fully saturated rings. The zero-order chi connectivity index (χ0) is 16.8. The van der Waals surface area contributed by atoms with Gasteiger partial charge in [-0.1, -0.05) is 6.07 Å². The smallest absolute Gasteiger partial charge is 0.338 e. The second-order valence-electron chi connectivity index (χ2n) is 3.94. The van der Waals surface area contributed by atoms with Crippen molar-refractivity contribution in [2.45, 2.75) is 4.90 Å². The second-order valence-corrected chi connectivity index (χ2v) is 5.83. The van der Waals surface area contributed by atoms with Gasteiger partial charge in [0.05, 0.1) is 10.5 Å². The highest BCUT2D eigenvalue weighted by Gasteiger charge is 2.16. The molecule has 10 heteroatoms. The van der Waals surface area contributed by atoms with Crippen LogP contribution in [-0.4, -0.2) is 47.0 Å². The SMILES string of the molecule is CNC(=O)NC(=O)COC(=O)c1cccc(S(=O)(=O)NC)c1. The number of rotatable bonds is 5. The molecule has 0 aromatic heterocycles. The highest BCUT2D eigenvalue weighted by molar-refractivity contribution is 7.89. The average molecular weight is 329 g/mol. The van der Waals surface area contributed by atoms with Crippen LogP contribution in [0.4, 0.5) is 4.79 Å². The third-order valence-corrected chi connectivity index (χ3v) is 3.88. The van der Waals surface area contributed by atoms with E-state index in [4.69, 9.17) is 4.74 Å². The van der Waals surface area contributed by atoms with Crippen molar-refractivity contribution < 1.29 is 27.5 Å². The highest BCUT2D eigenvalue weighted by Crippen LogP contribution is 2.12. The molecule has 1 aromatic rings. The van der Waals surface area contributed by atoms with Crippen LogP contribution in [0.5, 0.6) is 0 Å². The van der Waals surface area contributed by atoms with Crippen LogP contribution in [0, 0.1) is 0 Å². The summed E-state index contributed by atoms with van der Waals surface area (Å²) in [6.45, 7) is -0.671. The van der Waals surface area contributed by atoms with Crippen molar-refractivity contribution >= 4 is 27.9 Å². The Bertz CT molecular complexity index is 686. The average Bonchev–Trinajstić information content (AvgIpc) is 2.52. The molecule has 0 aliphatic heterocycles. The zero-order valence-corrected chi connectivity index (χ0v) is 12.7. The van der Waals surface area contributed by atoms with Crippen LogP contribution in [0.3, 0.4) is 0 Å². The maximum absolute atomic E-state index is 11.8. The summed E-state index contributed by atoms with van der Waals surface area (Å²) < 4.78 is 30.1. The molecule has 0 heterocycles. The summed E-state index contributed by atoms with van der Waals surface area (Å²) in [7, 11) is -1.13. The Morgan fingerprint density at radius 3 is 2.45 bits per heavy atom. The number of hydrogen-bond donors (Lipinski definition) is 3. The predicted octanol–water partition coefficient (Wildman–Crippen LogP) is -0.793. The second kappa shape index (κ2) is 7.52. The number of imide groups is 1. The largest absolute Gasteiger partial charge is 0.452 e. The fraction of sp³-hybridized carbons (Fsp3) is 0.250. The lowest BCUT2D eigenvalue weighted by molar-refractivity contribution is -0.123. The van der Waals surface area contributed by atoms with E-state index in [-0.39, 0.29) is 10.5 Å². The van der Waals surface area contributed by atoms with E-state index >= 15 is 0 Å². The van der Waals surface area contributed by atoms with Gasteiger partial charge in [0.25, 0.3) is 5.91 Å². The Hall–Kier alpha value is -2.46. The minimum absolute atomic E-state index is 0.0379. The third-order valence-electron chi connectivity index (χ3n) is 2.46. The van der Waals surface area contributed by atoms with Gasteiger partial charge >= 0.3 is 12.0 Å². The predicted molar refractivity (Wildman–Crippen MR) is 75.6 cm³/mol. The molecule has 0 saturated heterocycles. The fourth-order valence-corrected chi connectivity index (χ4v) is 2.12. The van der Waals surface area contributed by atoms with Gasteiger partial charge in [0, 0.05) is 7.05 Å². The number of urea groups is 1. The highest BCUT2D eigenvalue weighted by atomic mass is 32.2. The molecule has 3 N–H and O–H groups in total. The van der Waals surface area contributed by atoms with Gasteiger partial charge in [0.2, 0.25) is 10.0 Å². The maximum atomic E-state index is 11.8. The molecule has 22 heavy (non-hydrogen) atoms. The van der Waals surface area contributed by atoms with Crippen LogP contribution >= 0.6 is 0 Å². The van der Waals surface area contributed by atoms with Crippen molar-refractivity contribution in [2.75, 3.05) is 20.7 Å². The zero-order valence-electron chi connectivity index (χ0n) is 11.9. The van der Waals surface area contributed by atoms with E-state index in [0.717, 1.165) is 6.07 Å². The molecule has 0 bridgehead atoms. The number of nitrogens with one attached hydrogen (secondary N) is 3. The number of hydrogen-bond acceptors (Lipinski definition) is 6. The van der Waals surface area contributed by atoms with Gasteiger partial charge < -0.3 is 10.1 Å². The van der Waals surface area contributed by atoms with Crippen LogP contribution in [0.25, 0.3) is 0 Å². The van der Waals surface area contributed by atoms with E-state index < -0.39 is 34.5 Å². The molecule has 0 radical (unpaired) electrons. The van der Waals surface area contributed by atoms with Crippen molar-refractivity contribution in [3.63, 3.8) is 0 Å². The van der Waals surface area contributed by atoms with Gasteiger partial charge in [-0.2, -0.15) is 0 Å². The van der Waals surface area contributed by atoms with Crippen LogP contribution in [0.15, 0.2) is 29.2 Å². The Balaban J connectivity index is 2.73. The summed E-state index contributed by atoms with van der Waals surface area (Å²) in [5.74, 6) is -1.70. The Labute approximate surface area is 127 Å². The third kappa shape index (κ3) is 4.82. The standard InChI is InChI=1S/C12H15N3O6S/c1-13-12(18)15-10(16)7-21-11(17)8-4-3-5-9(6-8)22(19,20)14-2/h3-6,14H,7H2,1-2H3,(H2,13,15,16,18). The van der Waals surface area contributed by atoms with Crippen molar-refractivity contribution in [3.8, 4) is 0 Å².